The van der Waals surface area contributed by atoms with Crippen molar-refractivity contribution >= 4 is 51.6 Å². The lowest BCUT2D eigenvalue weighted by Gasteiger charge is -2.10. The minimum Gasteiger partial charge on any atom is -0.496 e. The molecule has 0 bridgehead atoms. The lowest BCUT2D eigenvalue weighted by Crippen LogP contribution is -2.22. The van der Waals surface area contributed by atoms with Gasteiger partial charge in [0.25, 0.3) is 11.6 Å². The third-order valence-corrected chi connectivity index (χ3v) is 5.64. The largest absolute Gasteiger partial charge is 0.496 e. The predicted octanol–water partition coefficient (Wildman–Crippen LogP) is 3.31. The van der Waals surface area contributed by atoms with Crippen LogP contribution in [0, 0.1) is 17.0 Å². The van der Waals surface area contributed by atoms with Crippen LogP contribution in [0.1, 0.15) is 18.4 Å². The minimum atomic E-state index is -0.797. The first-order valence-electron chi connectivity index (χ1n) is 9.52. The van der Waals surface area contributed by atoms with Crippen LogP contribution in [0.4, 0.5) is 17.1 Å². The lowest BCUT2D eigenvalue weighted by molar-refractivity contribution is -0.384. The van der Waals surface area contributed by atoms with Crippen molar-refractivity contribution < 1.29 is 24.0 Å². The second kappa shape index (κ2) is 10.1. The molecule has 2 aromatic rings. The van der Waals surface area contributed by atoms with Gasteiger partial charge >= 0.3 is 0 Å². The Balaban J connectivity index is 1.55. The fraction of sp³-hybridized carbons (Fsp3) is 0.238. The molecule has 0 radical (unpaired) electrons. The van der Waals surface area contributed by atoms with Gasteiger partial charge in [0.15, 0.2) is 0 Å². The van der Waals surface area contributed by atoms with Crippen molar-refractivity contribution in [1.29, 1.82) is 0 Å². The second-order valence-corrected chi connectivity index (χ2v) is 8.21. The molecule has 0 aromatic heterocycles. The van der Waals surface area contributed by atoms with Gasteiger partial charge in [-0.2, -0.15) is 0 Å². The zero-order chi connectivity index (χ0) is 23.3. The molecule has 3 amide bonds. The van der Waals surface area contributed by atoms with Crippen LogP contribution in [0.2, 0.25) is 0 Å². The summed E-state index contributed by atoms with van der Waals surface area (Å²) in [7, 11) is 1.37. The maximum atomic E-state index is 12.4. The number of nitrogens with one attached hydrogen (secondary N) is 2. The maximum Gasteiger partial charge on any atom is 0.296 e. The maximum absolute atomic E-state index is 12.4. The SMILES string of the molecule is COc1ccc(NC(=O)CC2SC(CC(=O)Nc3ccc(C)cc3)=NC2=O)c([N+](=O)[O-])c1. The molecule has 0 saturated heterocycles. The number of hydrogen-bond acceptors (Lipinski definition) is 7. The van der Waals surface area contributed by atoms with Crippen LogP contribution in [0.3, 0.4) is 0 Å². The highest BCUT2D eigenvalue weighted by molar-refractivity contribution is 8.15. The van der Waals surface area contributed by atoms with Gasteiger partial charge in [0, 0.05) is 12.1 Å². The van der Waals surface area contributed by atoms with E-state index in [9.17, 15) is 24.5 Å². The molecule has 0 aliphatic carbocycles. The summed E-state index contributed by atoms with van der Waals surface area (Å²) < 4.78 is 4.96. The van der Waals surface area contributed by atoms with E-state index in [-0.39, 0.29) is 35.9 Å². The molecule has 0 spiro atoms. The van der Waals surface area contributed by atoms with Gasteiger partial charge in [0.1, 0.15) is 16.7 Å². The molecular weight excluding hydrogens is 436 g/mol. The normalized spacial score (nSPS) is 15.1. The first-order chi connectivity index (χ1) is 15.2. The highest BCUT2D eigenvalue weighted by Crippen LogP contribution is 2.31. The van der Waals surface area contributed by atoms with Crippen LogP contribution in [-0.4, -0.2) is 40.0 Å². The summed E-state index contributed by atoms with van der Waals surface area (Å²) in [5.74, 6) is -1.15. The Hall–Kier alpha value is -3.73. The Labute approximate surface area is 187 Å². The molecule has 1 heterocycles. The smallest absolute Gasteiger partial charge is 0.296 e. The van der Waals surface area contributed by atoms with E-state index < -0.39 is 22.0 Å². The predicted molar refractivity (Wildman–Crippen MR) is 121 cm³/mol. The van der Waals surface area contributed by atoms with Gasteiger partial charge in [-0.25, -0.2) is 4.99 Å². The summed E-state index contributed by atoms with van der Waals surface area (Å²) in [5.41, 5.74) is 1.36. The highest BCUT2D eigenvalue weighted by atomic mass is 32.2. The van der Waals surface area contributed by atoms with Gasteiger partial charge in [0.2, 0.25) is 11.8 Å². The number of nitro groups is 1. The third kappa shape index (κ3) is 5.91. The Kier molecular flexibility index (Phi) is 7.21. The quantitative estimate of drug-likeness (QED) is 0.459. The Bertz CT molecular complexity index is 1100. The van der Waals surface area contributed by atoms with E-state index in [1.807, 2.05) is 19.1 Å². The van der Waals surface area contributed by atoms with Crippen LogP contribution >= 0.6 is 11.8 Å². The van der Waals surface area contributed by atoms with Gasteiger partial charge in [-0.15, -0.1) is 0 Å². The van der Waals surface area contributed by atoms with Crippen molar-refractivity contribution in [3.8, 4) is 5.75 Å². The van der Waals surface area contributed by atoms with Gasteiger partial charge in [0.05, 0.1) is 29.6 Å². The van der Waals surface area contributed by atoms with Crippen molar-refractivity contribution in [3.05, 3.63) is 58.1 Å². The van der Waals surface area contributed by atoms with E-state index in [0.29, 0.717) is 10.7 Å². The first-order valence-corrected chi connectivity index (χ1v) is 10.4. The third-order valence-electron chi connectivity index (χ3n) is 4.48. The van der Waals surface area contributed by atoms with Crippen LogP contribution < -0.4 is 15.4 Å². The Morgan fingerprint density at radius 3 is 2.53 bits per heavy atom. The van der Waals surface area contributed by atoms with E-state index in [4.69, 9.17) is 4.74 Å². The number of anilines is 2. The van der Waals surface area contributed by atoms with Gasteiger partial charge in [-0.05, 0) is 31.2 Å². The molecule has 0 saturated carbocycles. The molecule has 3 rings (SSSR count). The van der Waals surface area contributed by atoms with Gasteiger partial charge in [-0.1, -0.05) is 29.5 Å². The highest BCUT2D eigenvalue weighted by Gasteiger charge is 2.31. The number of benzene rings is 2. The summed E-state index contributed by atoms with van der Waals surface area (Å²) in [5, 5.41) is 15.9. The van der Waals surface area contributed by atoms with Crippen LogP contribution in [-0.2, 0) is 14.4 Å². The number of nitrogens with zero attached hydrogens (tertiary/aromatic N) is 2. The molecular formula is C21H20N4O6S. The number of ether oxygens (including phenoxy) is 1. The number of thioether (sulfide) groups is 1. The molecule has 1 aliphatic rings. The van der Waals surface area contributed by atoms with Crippen LogP contribution in [0.5, 0.6) is 5.75 Å². The molecule has 1 aliphatic heterocycles. The zero-order valence-corrected chi connectivity index (χ0v) is 18.1. The first kappa shape index (κ1) is 22.9. The van der Waals surface area contributed by atoms with Crippen LogP contribution in [0.15, 0.2) is 47.5 Å². The Morgan fingerprint density at radius 2 is 1.88 bits per heavy atom. The number of aryl methyl sites for hydroxylation is 1. The minimum absolute atomic E-state index is 0.00476. The zero-order valence-electron chi connectivity index (χ0n) is 17.3. The molecule has 0 fully saturated rings. The Morgan fingerprint density at radius 1 is 1.16 bits per heavy atom. The lowest BCUT2D eigenvalue weighted by atomic mass is 10.2. The molecule has 10 nitrogen and oxygen atoms in total. The van der Waals surface area contributed by atoms with Gasteiger partial charge in [-0.3, -0.25) is 24.5 Å². The number of carbonyl (C=O) groups excluding carboxylic acids is 3. The summed E-state index contributed by atoms with van der Waals surface area (Å²) in [6.45, 7) is 1.93. The average molecular weight is 456 g/mol. The van der Waals surface area contributed by atoms with Crippen molar-refractivity contribution in [2.24, 2.45) is 4.99 Å². The number of rotatable bonds is 8. The number of methoxy groups -OCH3 is 1. The van der Waals surface area contributed by atoms with E-state index >= 15 is 0 Å². The van der Waals surface area contributed by atoms with E-state index in [1.54, 1.807) is 12.1 Å². The number of aliphatic imine (C=N–C) groups is 1. The standard InChI is InChI=1S/C21H20N4O6S/c1-12-3-5-13(6-4-12)22-19(27)11-20-24-21(28)17(32-20)10-18(26)23-15-8-7-14(31-2)9-16(15)25(29)30/h3-9,17H,10-11H2,1-2H3,(H,22,27)(H,23,26). The van der Waals surface area contributed by atoms with E-state index in [2.05, 4.69) is 15.6 Å². The monoisotopic (exact) mass is 456 g/mol. The molecule has 11 heteroatoms. The summed E-state index contributed by atoms with van der Waals surface area (Å²) >= 11 is 1.04. The fourth-order valence-corrected chi connectivity index (χ4v) is 3.96. The molecule has 32 heavy (non-hydrogen) atoms. The number of hydrogen-bond donors (Lipinski definition) is 2. The van der Waals surface area contributed by atoms with Crippen LogP contribution in [0.25, 0.3) is 0 Å². The second-order valence-electron chi connectivity index (χ2n) is 6.93. The van der Waals surface area contributed by atoms with Crippen molar-refractivity contribution in [1.82, 2.24) is 0 Å². The average Bonchev–Trinajstić information content (AvgIpc) is 3.08. The van der Waals surface area contributed by atoms with E-state index in [1.165, 1.54) is 25.3 Å². The topological polar surface area (TPSA) is 140 Å². The summed E-state index contributed by atoms with van der Waals surface area (Å²) in [4.78, 5) is 51.2. The molecule has 1 atom stereocenters. The molecule has 1 unspecified atom stereocenters. The number of carbonyl (C=O) groups is 3. The van der Waals surface area contributed by atoms with E-state index in [0.717, 1.165) is 17.3 Å². The fourth-order valence-electron chi connectivity index (χ4n) is 2.89. The number of nitro benzene ring substituents is 1. The molecule has 2 N–H and O–H groups in total. The van der Waals surface area contributed by atoms with Crippen molar-refractivity contribution in [3.63, 3.8) is 0 Å². The number of amides is 3. The molecule has 166 valence electrons. The van der Waals surface area contributed by atoms with Crippen molar-refractivity contribution in [2.45, 2.75) is 25.0 Å². The van der Waals surface area contributed by atoms with Crippen molar-refractivity contribution in [2.75, 3.05) is 17.7 Å². The van der Waals surface area contributed by atoms with Gasteiger partial charge < -0.3 is 15.4 Å². The summed E-state index contributed by atoms with van der Waals surface area (Å²) in [6.07, 6.45) is -0.328. The summed E-state index contributed by atoms with van der Waals surface area (Å²) in [6, 6.07) is 11.3. The molecule has 2 aromatic carbocycles.